The standard InChI is InChI=1S/C12H29N2/c1-5-13-11-9-10-12-14(6-2,7-3)8-4/h13H,5-12H2,1-4H3/q+1. The van der Waals surface area contributed by atoms with Crippen LogP contribution in [0.25, 0.3) is 0 Å². The first-order valence-electron chi connectivity index (χ1n) is 6.30. The van der Waals surface area contributed by atoms with Crippen molar-refractivity contribution in [2.45, 2.75) is 40.5 Å². The summed E-state index contributed by atoms with van der Waals surface area (Å²) in [5.41, 5.74) is 0. The summed E-state index contributed by atoms with van der Waals surface area (Å²) in [4.78, 5) is 0. The van der Waals surface area contributed by atoms with Crippen LogP contribution in [0, 0.1) is 0 Å². The van der Waals surface area contributed by atoms with Crippen molar-refractivity contribution in [1.29, 1.82) is 0 Å². The van der Waals surface area contributed by atoms with E-state index in [1.54, 1.807) is 0 Å². The molecule has 0 spiro atoms. The van der Waals surface area contributed by atoms with Crippen LogP contribution < -0.4 is 5.32 Å². The summed E-state index contributed by atoms with van der Waals surface area (Å²) in [5.74, 6) is 0. The number of quaternary nitrogens is 1. The molecule has 0 aliphatic rings. The van der Waals surface area contributed by atoms with E-state index in [1.165, 1.54) is 50.0 Å². The molecule has 0 fully saturated rings. The molecule has 0 amide bonds. The Balaban J connectivity index is 3.61. The Morgan fingerprint density at radius 3 is 1.86 bits per heavy atom. The summed E-state index contributed by atoms with van der Waals surface area (Å²) in [6.07, 6.45) is 2.69. The number of nitrogens with zero attached hydrogens (tertiary/aromatic N) is 1. The Kier molecular flexibility index (Phi) is 8.20. The fourth-order valence-corrected chi connectivity index (χ4v) is 2.02. The number of rotatable bonds is 9. The maximum absolute atomic E-state index is 3.38. The molecule has 2 nitrogen and oxygen atoms in total. The van der Waals surface area contributed by atoms with E-state index in [1.807, 2.05) is 0 Å². The van der Waals surface area contributed by atoms with Crippen LogP contribution in [-0.2, 0) is 0 Å². The van der Waals surface area contributed by atoms with Gasteiger partial charge in [-0.1, -0.05) is 6.92 Å². The minimum Gasteiger partial charge on any atom is -0.324 e. The number of hydrogen-bond acceptors (Lipinski definition) is 1. The monoisotopic (exact) mass is 201 g/mol. The smallest absolute Gasteiger partial charge is 0.0786 e. The van der Waals surface area contributed by atoms with E-state index in [4.69, 9.17) is 0 Å². The minimum absolute atomic E-state index is 1.11. The van der Waals surface area contributed by atoms with E-state index in [0.717, 1.165) is 6.54 Å². The van der Waals surface area contributed by atoms with Gasteiger partial charge in [0.05, 0.1) is 26.2 Å². The van der Waals surface area contributed by atoms with Crippen molar-refractivity contribution in [3.63, 3.8) is 0 Å². The molecule has 0 atom stereocenters. The SMILES string of the molecule is CCNCCCC[N+](CC)(CC)CC. The van der Waals surface area contributed by atoms with Crippen LogP contribution in [0.2, 0.25) is 0 Å². The van der Waals surface area contributed by atoms with E-state index < -0.39 is 0 Å². The molecule has 2 heteroatoms. The average molecular weight is 201 g/mol. The molecule has 0 aromatic carbocycles. The van der Waals surface area contributed by atoms with E-state index in [9.17, 15) is 0 Å². The number of unbranched alkanes of at least 4 members (excludes halogenated alkanes) is 1. The van der Waals surface area contributed by atoms with Crippen LogP contribution in [0.5, 0.6) is 0 Å². The van der Waals surface area contributed by atoms with Crippen molar-refractivity contribution in [2.24, 2.45) is 0 Å². The second-order valence-electron chi connectivity index (χ2n) is 4.07. The molecule has 0 unspecified atom stereocenters. The largest absolute Gasteiger partial charge is 0.324 e. The summed E-state index contributed by atoms with van der Waals surface area (Å²) >= 11 is 0. The van der Waals surface area contributed by atoms with E-state index >= 15 is 0 Å². The first-order chi connectivity index (χ1) is 6.74. The number of nitrogens with one attached hydrogen (secondary N) is 1. The van der Waals surface area contributed by atoms with Gasteiger partial charge in [-0.3, -0.25) is 0 Å². The molecule has 0 rings (SSSR count). The first-order valence-corrected chi connectivity index (χ1v) is 6.30. The molecule has 0 heterocycles. The van der Waals surface area contributed by atoms with Crippen molar-refractivity contribution in [3.05, 3.63) is 0 Å². The van der Waals surface area contributed by atoms with Gasteiger partial charge >= 0.3 is 0 Å². The van der Waals surface area contributed by atoms with Gasteiger partial charge in [0.1, 0.15) is 0 Å². The quantitative estimate of drug-likeness (QED) is 0.446. The van der Waals surface area contributed by atoms with Gasteiger partial charge in [-0.2, -0.15) is 0 Å². The summed E-state index contributed by atoms with van der Waals surface area (Å²) < 4.78 is 1.30. The maximum atomic E-state index is 3.38. The van der Waals surface area contributed by atoms with Gasteiger partial charge in [0.25, 0.3) is 0 Å². The third-order valence-corrected chi connectivity index (χ3v) is 3.50. The lowest BCUT2D eigenvalue weighted by Crippen LogP contribution is -2.48. The molecular weight excluding hydrogens is 172 g/mol. The van der Waals surface area contributed by atoms with Crippen LogP contribution >= 0.6 is 0 Å². The van der Waals surface area contributed by atoms with Crippen molar-refractivity contribution < 1.29 is 4.48 Å². The lowest BCUT2D eigenvalue weighted by molar-refractivity contribution is -0.923. The molecule has 0 aliphatic carbocycles. The first kappa shape index (κ1) is 13.9. The minimum atomic E-state index is 1.11. The topological polar surface area (TPSA) is 12.0 Å². The molecule has 14 heavy (non-hydrogen) atoms. The van der Waals surface area contributed by atoms with Gasteiger partial charge in [0, 0.05) is 0 Å². The second kappa shape index (κ2) is 8.25. The van der Waals surface area contributed by atoms with E-state index in [2.05, 4.69) is 33.0 Å². The van der Waals surface area contributed by atoms with Gasteiger partial charge in [0.15, 0.2) is 0 Å². The van der Waals surface area contributed by atoms with E-state index in [-0.39, 0.29) is 0 Å². The molecule has 0 saturated carbocycles. The normalized spacial score (nSPS) is 12.0. The highest BCUT2D eigenvalue weighted by atomic mass is 15.3. The summed E-state index contributed by atoms with van der Waals surface area (Å²) in [5, 5.41) is 3.38. The van der Waals surface area contributed by atoms with Crippen molar-refractivity contribution in [1.82, 2.24) is 5.32 Å². The van der Waals surface area contributed by atoms with Crippen molar-refractivity contribution in [2.75, 3.05) is 39.3 Å². The highest BCUT2D eigenvalue weighted by molar-refractivity contribution is 4.46. The lowest BCUT2D eigenvalue weighted by atomic mass is 10.2. The fraction of sp³-hybridized carbons (Fsp3) is 1.00. The summed E-state index contributed by atoms with van der Waals surface area (Å²) in [7, 11) is 0. The van der Waals surface area contributed by atoms with Crippen LogP contribution in [0.1, 0.15) is 40.5 Å². The molecule has 0 bridgehead atoms. The van der Waals surface area contributed by atoms with Gasteiger partial charge in [-0.15, -0.1) is 0 Å². The van der Waals surface area contributed by atoms with Crippen molar-refractivity contribution in [3.8, 4) is 0 Å². The molecule has 0 aromatic rings. The predicted molar refractivity (Wildman–Crippen MR) is 64.5 cm³/mol. The van der Waals surface area contributed by atoms with Crippen LogP contribution in [0.15, 0.2) is 0 Å². The zero-order valence-corrected chi connectivity index (χ0v) is 10.6. The van der Waals surface area contributed by atoms with Gasteiger partial charge in [-0.25, -0.2) is 0 Å². The molecule has 0 radical (unpaired) electrons. The predicted octanol–water partition coefficient (Wildman–Crippen LogP) is 2.25. The molecule has 0 aliphatic heterocycles. The van der Waals surface area contributed by atoms with E-state index in [0.29, 0.717) is 0 Å². The maximum Gasteiger partial charge on any atom is 0.0786 e. The Morgan fingerprint density at radius 1 is 0.857 bits per heavy atom. The van der Waals surface area contributed by atoms with Gasteiger partial charge < -0.3 is 9.80 Å². The Bertz CT molecular complexity index is 111. The molecular formula is C12H29N2+. The summed E-state index contributed by atoms with van der Waals surface area (Å²) in [6.45, 7) is 16.6. The highest BCUT2D eigenvalue weighted by Gasteiger charge is 2.19. The van der Waals surface area contributed by atoms with Crippen LogP contribution in [0.4, 0.5) is 0 Å². The lowest BCUT2D eigenvalue weighted by Gasteiger charge is -2.35. The zero-order valence-electron chi connectivity index (χ0n) is 10.6. The third kappa shape index (κ3) is 4.97. The third-order valence-electron chi connectivity index (χ3n) is 3.50. The Labute approximate surface area is 90.3 Å². The Hall–Kier alpha value is -0.0800. The Morgan fingerprint density at radius 2 is 1.43 bits per heavy atom. The van der Waals surface area contributed by atoms with Crippen molar-refractivity contribution >= 4 is 0 Å². The van der Waals surface area contributed by atoms with Crippen LogP contribution in [-0.4, -0.2) is 43.8 Å². The summed E-state index contributed by atoms with van der Waals surface area (Å²) in [6, 6.07) is 0. The molecule has 0 aromatic heterocycles. The highest BCUT2D eigenvalue weighted by Crippen LogP contribution is 2.08. The molecule has 86 valence electrons. The fourth-order valence-electron chi connectivity index (χ4n) is 2.02. The van der Waals surface area contributed by atoms with Crippen LogP contribution in [0.3, 0.4) is 0 Å². The van der Waals surface area contributed by atoms with Gasteiger partial charge in [0.2, 0.25) is 0 Å². The average Bonchev–Trinajstić information content (AvgIpc) is 2.24. The number of hydrogen-bond donors (Lipinski definition) is 1. The van der Waals surface area contributed by atoms with Gasteiger partial charge in [-0.05, 0) is 46.7 Å². The zero-order chi connectivity index (χ0) is 10.9. The molecule has 1 N–H and O–H groups in total. The molecule has 0 saturated heterocycles. The second-order valence-corrected chi connectivity index (χ2v) is 4.07.